The Morgan fingerprint density at radius 2 is 1.96 bits per heavy atom. The van der Waals surface area contributed by atoms with Crippen LogP contribution in [0, 0.1) is 0 Å². The molecule has 1 aromatic carbocycles. The molecule has 3 rings (SSSR count). The van der Waals surface area contributed by atoms with Crippen molar-refractivity contribution in [1.82, 2.24) is 5.43 Å². The molecule has 0 atom stereocenters. The van der Waals surface area contributed by atoms with Crippen molar-refractivity contribution in [3.8, 4) is 5.75 Å². The van der Waals surface area contributed by atoms with E-state index >= 15 is 0 Å². The van der Waals surface area contributed by atoms with Crippen LogP contribution < -0.4 is 10.3 Å². The molecule has 6 nitrogen and oxygen atoms in total. The molecule has 2 N–H and O–H groups in total. The lowest BCUT2D eigenvalue weighted by Crippen LogP contribution is -2.28. The molecule has 1 fully saturated rings. The maximum Gasteiger partial charge on any atom is 0.275 e. The number of rotatable bonds is 4. The van der Waals surface area contributed by atoms with Crippen LogP contribution in [0.3, 0.4) is 0 Å². The molecular formula is C17H19N3O3. The number of hydrogen-bond acceptors (Lipinski definition) is 5. The Labute approximate surface area is 134 Å². The van der Waals surface area contributed by atoms with Crippen molar-refractivity contribution in [2.24, 2.45) is 5.10 Å². The minimum absolute atomic E-state index is 0.0782. The quantitative estimate of drug-likeness (QED) is 0.672. The molecule has 1 saturated heterocycles. The van der Waals surface area contributed by atoms with Crippen molar-refractivity contribution >= 4 is 18.0 Å². The molecule has 1 aliphatic heterocycles. The van der Waals surface area contributed by atoms with E-state index in [2.05, 4.69) is 15.4 Å². The fraction of sp³-hybridized carbons (Fsp3) is 0.294. The number of phenols is 1. The van der Waals surface area contributed by atoms with Gasteiger partial charge in [0.15, 0.2) is 5.88 Å². The Balaban J connectivity index is 1.59. The molecule has 1 aliphatic rings. The highest BCUT2D eigenvalue weighted by Crippen LogP contribution is 2.21. The number of piperidine rings is 1. The number of carbonyl (C=O) groups is 1. The molecule has 2 aromatic rings. The number of nitrogens with one attached hydrogen (secondary N) is 1. The number of amides is 1. The maximum atomic E-state index is 11.9. The third-order valence-corrected chi connectivity index (χ3v) is 3.79. The average Bonchev–Trinajstić information content (AvgIpc) is 3.05. The van der Waals surface area contributed by atoms with Gasteiger partial charge in [0, 0.05) is 19.2 Å². The number of hydrazone groups is 1. The van der Waals surface area contributed by atoms with Crippen LogP contribution in [0.1, 0.15) is 35.4 Å². The van der Waals surface area contributed by atoms with E-state index in [-0.39, 0.29) is 11.3 Å². The van der Waals surface area contributed by atoms with Gasteiger partial charge in [-0.2, -0.15) is 5.10 Å². The number of para-hydroxylation sites is 1. The first-order chi connectivity index (χ1) is 11.2. The predicted molar refractivity (Wildman–Crippen MR) is 87.9 cm³/mol. The van der Waals surface area contributed by atoms with Gasteiger partial charge in [-0.25, -0.2) is 5.43 Å². The minimum atomic E-state index is -0.470. The summed E-state index contributed by atoms with van der Waals surface area (Å²) in [5.41, 5.74) is 2.55. The molecular weight excluding hydrogens is 294 g/mol. The number of phenolic OH excluding ortho intramolecular Hbond substituents is 1. The van der Waals surface area contributed by atoms with Crippen LogP contribution >= 0.6 is 0 Å². The summed E-state index contributed by atoms with van der Waals surface area (Å²) in [6.07, 6.45) is 5.08. The highest BCUT2D eigenvalue weighted by Gasteiger charge is 2.14. The first-order valence-corrected chi connectivity index (χ1v) is 7.70. The van der Waals surface area contributed by atoms with Gasteiger partial charge in [0.1, 0.15) is 11.5 Å². The molecule has 0 spiro atoms. The van der Waals surface area contributed by atoms with E-state index in [0.29, 0.717) is 5.76 Å². The van der Waals surface area contributed by atoms with Crippen LogP contribution in [0.25, 0.3) is 0 Å². The van der Waals surface area contributed by atoms with Gasteiger partial charge in [-0.15, -0.1) is 0 Å². The Hall–Kier alpha value is -2.76. The summed E-state index contributed by atoms with van der Waals surface area (Å²) in [6, 6.07) is 10.0. The molecule has 0 bridgehead atoms. The summed E-state index contributed by atoms with van der Waals surface area (Å²) in [4.78, 5) is 14.1. The van der Waals surface area contributed by atoms with E-state index < -0.39 is 5.91 Å². The fourth-order valence-electron chi connectivity index (χ4n) is 2.58. The predicted octanol–water partition coefficient (Wildman–Crippen LogP) is 2.74. The van der Waals surface area contributed by atoms with E-state index in [9.17, 15) is 9.90 Å². The van der Waals surface area contributed by atoms with Crippen molar-refractivity contribution < 1.29 is 14.3 Å². The maximum absolute atomic E-state index is 11.9. The molecule has 0 radical (unpaired) electrons. The van der Waals surface area contributed by atoms with Gasteiger partial charge in [-0.05, 0) is 37.5 Å². The number of hydrogen-bond donors (Lipinski definition) is 2. The zero-order chi connectivity index (χ0) is 16.1. The van der Waals surface area contributed by atoms with Crippen LogP contribution in [-0.4, -0.2) is 30.3 Å². The van der Waals surface area contributed by atoms with Crippen LogP contribution in [-0.2, 0) is 0 Å². The van der Waals surface area contributed by atoms with Crippen molar-refractivity contribution in [2.75, 3.05) is 18.0 Å². The monoisotopic (exact) mass is 313 g/mol. The van der Waals surface area contributed by atoms with Gasteiger partial charge in [-0.3, -0.25) is 4.79 Å². The molecule has 1 aromatic heterocycles. The van der Waals surface area contributed by atoms with Crippen LogP contribution in [0.4, 0.5) is 5.88 Å². The van der Waals surface area contributed by atoms with Crippen molar-refractivity contribution in [3.63, 3.8) is 0 Å². The Morgan fingerprint density at radius 1 is 1.17 bits per heavy atom. The second kappa shape index (κ2) is 7.00. The molecule has 6 heteroatoms. The van der Waals surface area contributed by atoms with E-state index in [4.69, 9.17) is 4.42 Å². The summed E-state index contributed by atoms with van der Waals surface area (Å²) in [6.45, 7) is 2.02. The van der Waals surface area contributed by atoms with Gasteiger partial charge < -0.3 is 14.4 Å². The lowest BCUT2D eigenvalue weighted by molar-refractivity contribution is 0.0952. The van der Waals surface area contributed by atoms with E-state index in [1.54, 1.807) is 12.1 Å². The number of aromatic hydroxyl groups is 1. The normalized spacial score (nSPS) is 15.0. The lowest BCUT2D eigenvalue weighted by Gasteiger charge is -2.25. The summed E-state index contributed by atoms with van der Waals surface area (Å²) < 4.78 is 5.71. The summed E-state index contributed by atoms with van der Waals surface area (Å²) in [5, 5.41) is 13.5. The standard InChI is InChI=1S/C17H19N3O3/c21-15-7-3-2-6-14(15)17(22)19-18-12-13-8-9-16(23-13)20-10-4-1-5-11-20/h2-3,6-9,12,21H,1,4-5,10-11H2,(H,19,22). The lowest BCUT2D eigenvalue weighted by atomic mass is 10.1. The first-order valence-electron chi connectivity index (χ1n) is 7.70. The number of carbonyl (C=O) groups excluding carboxylic acids is 1. The SMILES string of the molecule is O=C(NN=Cc1ccc(N2CCCCC2)o1)c1ccccc1O. The van der Waals surface area contributed by atoms with Crippen LogP contribution in [0.5, 0.6) is 5.75 Å². The zero-order valence-electron chi connectivity index (χ0n) is 12.7. The molecule has 2 heterocycles. The third-order valence-electron chi connectivity index (χ3n) is 3.79. The minimum Gasteiger partial charge on any atom is -0.507 e. The number of anilines is 1. The summed E-state index contributed by atoms with van der Waals surface area (Å²) in [5.74, 6) is 0.856. The highest BCUT2D eigenvalue weighted by molar-refractivity contribution is 5.97. The van der Waals surface area contributed by atoms with Gasteiger partial charge >= 0.3 is 0 Å². The molecule has 0 unspecified atom stereocenters. The van der Waals surface area contributed by atoms with Gasteiger partial charge in [0.2, 0.25) is 0 Å². The number of benzene rings is 1. The van der Waals surface area contributed by atoms with Crippen molar-refractivity contribution in [3.05, 3.63) is 47.7 Å². The Morgan fingerprint density at radius 3 is 2.74 bits per heavy atom. The second-order valence-corrected chi connectivity index (χ2v) is 5.44. The summed E-state index contributed by atoms with van der Waals surface area (Å²) in [7, 11) is 0. The van der Waals surface area contributed by atoms with E-state index in [1.807, 2.05) is 12.1 Å². The van der Waals surface area contributed by atoms with E-state index in [0.717, 1.165) is 19.0 Å². The molecule has 0 aliphatic carbocycles. The van der Waals surface area contributed by atoms with Crippen LogP contribution in [0.2, 0.25) is 0 Å². The highest BCUT2D eigenvalue weighted by atomic mass is 16.4. The van der Waals surface area contributed by atoms with Crippen molar-refractivity contribution in [1.29, 1.82) is 0 Å². The molecule has 0 saturated carbocycles. The number of furan rings is 1. The second-order valence-electron chi connectivity index (χ2n) is 5.44. The topological polar surface area (TPSA) is 78.1 Å². The smallest absolute Gasteiger partial charge is 0.275 e. The van der Waals surface area contributed by atoms with Crippen molar-refractivity contribution in [2.45, 2.75) is 19.3 Å². The van der Waals surface area contributed by atoms with Gasteiger partial charge in [0.25, 0.3) is 5.91 Å². The molecule has 120 valence electrons. The zero-order valence-corrected chi connectivity index (χ0v) is 12.7. The van der Waals surface area contributed by atoms with Gasteiger partial charge in [-0.1, -0.05) is 12.1 Å². The largest absolute Gasteiger partial charge is 0.507 e. The summed E-state index contributed by atoms with van der Waals surface area (Å²) >= 11 is 0. The number of nitrogens with zero attached hydrogens (tertiary/aromatic N) is 2. The van der Waals surface area contributed by atoms with E-state index in [1.165, 1.54) is 37.6 Å². The third kappa shape index (κ3) is 3.71. The molecule has 1 amide bonds. The van der Waals surface area contributed by atoms with Crippen LogP contribution in [0.15, 0.2) is 45.9 Å². The Kier molecular flexibility index (Phi) is 4.61. The fourth-order valence-corrected chi connectivity index (χ4v) is 2.58. The average molecular weight is 313 g/mol. The van der Waals surface area contributed by atoms with Gasteiger partial charge in [0.05, 0.1) is 11.8 Å². The first kappa shape index (κ1) is 15.1. The molecule has 23 heavy (non-hydrogen) atoms. The Bertz CT molecular complexity index is 703.